The summed E-state index contributed by atoms with van der Waals surface area (Å²) in [7, 11) is 0. The van der Waals surface area contributed by atoms with Gasteiger partial charge in [0.15, 0.2) is 6.61 Å². The number of benzene rings is 3. The first-order valence-corrected chi connectivity index (χ1v) is 11.4. The number of anilines is 2. The first-order chi connectivity index (χ1) is 17.2. The Labute approximate surface area is 212 Å². The lowest BCUT2D eigenvalue weighted by atomic mass is 10.1. The highest BCUT2D eigenvalue weighted by Crippen LogP contribution is 2.28. The van der Waals surface area contributed by atoms with Crippen molar-refractivity contribution in [3.05, 3.63) is 94.0 Å². The van der Waals surface area contributed by atoms with Crippen LogP contribution in [0, 0.1) is 13.8 Å². The Morgan fingerprint density at radius 1 is 1.00 bits per heavy atom. The maximum Gasteiger partial charge on any atom is 0.335 e. The van der Waals surface area contributed by atoms with Crippen molar-refractivity contribution in [2.24, 2.45) is 0 Å². The van der Waals surface area contributed by atoms with Crippen LogP contribution in [0.15, 0.2) is 72.3 Å². The third-order valence-electron chi connectivity index (χ3n) is 5.47. The minimum atomic E-state index is -0.857. The van der Waals surface area contributed by atoms with E-state index in [-0.39, 0.29) is 23.8 Å². The standard InChI is InChI=1S/C27H22ClN3O5/c1-16-6-3-4-9-22(16)29-24(32)15-36-20-8-5-7-18(12-20)13-21-25(33)30-27(35)31(26(21)34)23-14-19(28)11-10-17(23)2/h3-14H,15H2,1-2H3,(H,29,32)(H,30,33,35)/b21-13+. The number of rotatable bonds is 6. The van der Waals surface area contributed by atoms with Gasteiger partial charge >= 0.3 is 6.03 Å². The number of carbonyl (C=O) groups excluding carboxylic acids is 4. The van der Waals surface area contributed by atoms with Crippen molar-refractivity contribution in [1.29, 1.82) is 0 Å². The molecule has 1 fully saturated rings. The number of imide groups is 2. The Kier molecular flexibility index (Phi) is 7.17. The van der Waals surface area contributed by atoms with E-state index in [2.05, 4.69) is 10.6 Å². The number of aryl methyl sites for hydroxylation is 2. The summed E-state index contributed by atoms with van der Waals surface area (Å²) in [5, 5.41) is 5.32. The van der Waals surface area contributed by atoms with Crippen molar-refractivity contribution in [1.82, 2.24) is 5.32 Å². The van der Waals surface area contributed by atoms with Crippen LogP contribution in [-0.2, 0) is 14.4 Å². The molecule has 0 saturated carbocycles. The average molecular weight is 504 g/mol. The fourth-order valence-electron chi connectivity index (χ4n) is 3.61. The summed E-state index contributed by atoms with van der Waals surface area (Å²) < 4.78 is 5.59. The minimum Gasteiger partial charge on any atom is -0.484 e. The first-order valence-electron chi connectivity index (χ1n) is 11.0. The van der Waals surface area contributed by atoms with E-state index in [0.717, 1.165) is 10.5 Å². The number of nitrogens with one attached hydrogen (secondary N) is 2. The largest absolute Gasteiger partial charge is 0.484 e. The second-order valence-electron chi connectivity index (χ2n) is 8.11. The van der Waals surface area contributed by atoms with Gasteiger partial charge in [-0.15, -0.1) is 0 Å². The molecule has 4 rings (SSSR count). The fourth-order valence-corrected chi connectivity index (χ4v) is 3.78. The molecule has 0 unspecified atom stereocenters. The third-order valence-corrected chi connectivity index (χ3v) is 5.71. The molecule has 1 heterocycles. The quantitative estimate of drug-likeness (QED) is 0.376. The number of hydrogen-bond donors (Lipinski definition) is 2. The summed E-state index contributed by atoms with van der Waals surface area (Å²) >= 11 is 6.06. The van der Waals surface area contributed by atoms with Gasteiger partial charge in [-0.2, -0.15) is 0 Å². The topological polar surface area (TPSA) is 105 Å². The number of halogens is 1. The van der Waals surface area contributed by atoms with Gasteiger partial charge in [0, 0.05) is 10.7 Å². The molecule has 0 bridgehead atoms. The lowest BCUT2D eigenvalue weighted by Gasteiger charge is -2.27. The predicted octanol–water partition coefficient (Wildman–Crippen LogP) is 4.64. The molecule has 9 heteroatoms. The van der Waals surface area contributed by atoms with Crippen LogP contribution in [0.2, 0.25) is 5.02 Å². The number of barbiturate groups is 1. The molecule has 8 nitrogen and oxygen atoms in total. The van der Waals surface area contributed by atoms with E-state index in [9.17, 15) is 19.2 Å². The first kappa shape index (κ1) is 24.7. The Morgan fingerprint density at radius 3 is 2.56 bits per heavy atom. The van der Waals surface area contributed by atoms with Crippen molar-refractivity contribution < 1.29 is 23.9 Å². The maximum absolute atomic E-state index is 13.2. The van der Waals surface area contributed by atoms with Gasteiger partial charge in [-0.05, 0) is 66.9 Å². The second kappa shape index (κ2) is 10.5. The molecule has 5 amide bonds. The molecule has 3 aromatic rings. The summed E-state index contributed by atoms with van der Waals surface area (Å²) in [6.07, 6.45) is 1.36. The zero-order chi connectivity index (χ0) is 25.8. The number of carbonyl (C=O) groups is 4. The normalized spacial score (nSPS) is 14.6. The minimum absolute atomic E-state index is 0.232. The molecule has 1 aliphatic rings. The van der Waals surface area contributed by atoms with E-state index in [0.29, 0.717) is 27.6 Å². The number of urea groups is 1. The Balaban J connectivity index is 1.52. The van der Waals surface area contributed by atoms with Gasteiger partial charge in [-0.1, -0.05) is 48.0 Å². The summed E-state index contributed by atoms with van der Waals surface area (Å²) in [4.78, 5) is 51.3. The van der Waals surface area contributed by atoms with Crippen LogP contribution in [0.5, 0.6) is 5.75 Å². The van der Waals surface area contributed by atoms with Crippen LogP contribution < -0.4 is 20.3 Å². The smallest absolute Gasteiger partial charge is 0.335 e. The van der Waals surface area contributed by atoms with Crippen LogP contribution in [0.25, 0.3) is 6.08 Å². The predicted molar refractivity (Wildman–Crippen MR) is 137 cm³/mol. The van der Waals surface area contributed by atoms with Gasteiger partial charge in [-0.3, -0.25) is 19.7 Å². The molecular weight excluding hydrogens is 482 g/mol. The highest BCUT2D eigenvalue weighted by atomic mass is 35.5. The SMILES string of the molecule is Cc1ccccc1NC(=O)COc1cccc(/C=C2\C(=O)NC(=O)N(c3cc(Cl)ccc3C)C2=O)c1. The van der Waals surface area contributed by atoms with E-state index in [1.165, 1.54) is 12.1 Å². The van der Waals surface area contributed by atoms with Gasteiger partial charge in [0.25, 0.3) is 17.7 Å². The lowest BCUT2D eigenvalue weighted by molar-refractivity contribution is -0.122. The molecule has 1 saturated heterocycles. The van der Waals surface area contributed by atoms with Gasteiger partial charge in [0.1, 0.15) is 11.3 Å². The Hall–Kier alpha value is -4.43. The number of hydrogen-bond acceptors (Lipinski definition) is 5. The maximum atomic E-state index is 13.2. The van der Waals surface area contributed by atoms with Crippen molar-refractivity contribution in [2.75, 3.05) is 16.8 Å². The molecule has 0 atom stereocenters. The second-order valence-corrected chi connectivity index (χ2v) is 8.55. The van der Waals surface area contributed by atoms with Gasteiger partial charge in [0.2, 0.25) is 0 Å². The summed E-state index contributed by atoms with van der Waals surface area (Å²) in [6.45, 7) is 3.38. The molecule has 3 aromatic carbocycles. The van der Waals surface area contributed by atoms with E-state index < -0.39 is 17.8 Å². The zero-order valence-electron chi connectivity index (χ0n) is 19.5. The number of para-hydroxylation sites is 1. The highest BCUT2D eigenvalue weighted by molar-refractivity contribution is 6.39. The number of ether oxygens (including phenoxy) is 1. The Bertz CT molecular complexity index is 1420. The molecule has 2 N–H and O–H groups in total. The van der Waals surface area contributed by atoms with E-state index in [4.69, 9.17) is 16.3 Å². The molecule has 0 spiro atoms. The van der Waals surface area contributed by atoms with Crippen molar-refractivity contribution in [3.8, 4) is 5.75 Å². The van der Waals surface area contributed by atoms with Crippen LogP contribution in [-0.4, -0.2) is 30.4 Å². The zero-order valence-corrected chi connectivity index (χ0v) is 20.3. The van der Waals surface area contributed by atoms with Crippen LogP contribution in [0.1, 0.15) is 16.7 Å². The van der Waals surface area contributed by atoms with E-state index in [1.807, 2.05) is 25.1 Å². The lowest BCUT2D eigenvalue weighted by Crippen LogP contribution is -2.54. The molecule has 0 aliphatic carbocycles. The van der Waals surface area contributed by atoms with Crippen LogP contribution in [0.3, 0.4) is 0 Å². The summed E-state index contributed by atoms with van der Waals surface area (Å²) in [5.41, 5.74) is 2.78. The number of nitrogens with zero attached hydrogens (tertiary/aromatic N) is 1. The molecule has 182 valence electrons. The average Bonchev–Trinajstić information content (AvgIpc) is 2.84. The third kappa shape index (κ3) is 5.45. The molecule has 0 radical (unpaired) electrons. The molecular formula is C27H22ClN3O5. The van der Waals surface area contributed by atoms with Gasteiger partial charge in [0.05, 0.1) is 5.69 Å². The molecule has 1 aliphatic heterocycles. The summed E-state index contributed by atoms with van der Waals surface area (Å²) in [6, 6.07) is 17.9. The molecule has 0 aromatic heterocycles. The van der Waals surface area contributed by atoms with Crippen molar-refractivity contribution in [3.63, 3.8) is 0 Å². The van der Waals surface area contributed by atoms with Crippen LogP contribution >= 0.6 is 11.6 Å². The highest BCUT2D eigenvalue weighted by Gasteiger charge is 2.37. The van der Waals surface area contributed by atoms with Gasteiger partial charge < -0.3 is 10.1 Å². The monoisotopic (exact) mass is 503 g/mol. The van der Waals surface area contributed by atoms with E-state index in [1.54, 1.807) is 49.4 Å². The Morgan fingerprint density at radius 2 is 1.78 bits per heavy atom. The number of amides is 5. The summed E-state index contributed by atoms with van der Waals surface area (Å²) in [5.74, 6) is -1.56. The van der Waals surface area contributed by atoms with Crippen molar-refractivity contribution >= 4 is 52.8 Å². The van der Waals surface area contributed by atoms with Crippen LogP contribution in [0.4, 0.5) is 16.2 Å². The fraction of sp³-hybridized carbons (Fsp3) is 0.111. The van der Waals surface area contributed by atoms with Gasteiger partial charge in [-0.25, -0.2) is 9.69 Å². The molecule has 36 heavy (non-hydrogen) atoms. The van der Waals surface area contributed by atoms with Crippen molar-refractivity contribution in [2.45, 2.75) is 13.8 Å². The van der Waals surface area contributed by atoms with E-state index >= 15 is 0 Å².